The molecule has 3 amide bonds. The second kappa shape index (κ2) is 12.0. The van der Waals surface area contributed by atoms with E-state index in [2.05, 4.69) is 10.5 Å². The zero-order valence-electron chi connectivity index (χ0n) is 21.6. The highest BCUT2D eigenvalue weighted by atomic mass is 16.5. The van der Waals surface area contributed by atoms with Crippen molar-refractivity contribution in [1.29, 1.82) is 0 Å². The lowest BCUT2D eigenvalue weighted by atomic mass is 10.0. The van der Waals surface area contributed by atoms with Gasteiger partial charge < -0.3 is 33.9 Å². The van der Waals surface area contributed by atoms with Crippen LogP contribution in [0.5, 0.6) is 5.75 Å². The molecule has 0 spiro atoms. The average Bonchev–Trinajstić information content (AvgIpc) is 3.29. The van der Waals surface area contributed by atoms with Gasteiger partial charge in [-0.3, -0.25) is 14.4 Å². The Labute approximate surface area is 210 Å². The van der Waals surface area contributed by atoms with Crippen molar-refractivity contribution in [2.45, 2.75) is 32.9 Å². The minimum Gasteiger partial charge on any atom is -0.491 e. The fourth-order valence-electron chi connectivity index (χ4n) is 4.08. The highest BCUT2D eigenvalue weighted by Gasteiger charge is 2.30. The van der Waals surface area contributed by atoms with Gasteiger partial charge in [-0.05, 0) is 32.0 Å². The average molecular weight is 503 g/mol. The topological polar surface area (TPSA) is 123 Å². The largest absolute Gasteiger partial charge is 0.491 e. The molecule has 0 saturated carbocycles. The van der Waals surface area contributed by atoms with E-state index in [9.17, 15) is 14.4 Å². The van der Waals surface area contributed by atoms with Gasteiger partial charge in [-0.1, -0.05) is 12.1 Å². The first-order valence-electron chi connectivity index (χ1n) is 11.7. The number of benzene rings is 1. The summed E-state index contributed by atoms with van der Waals surface area (Å²) in [5.74, 6) is -0.112. The number of fused-ring (bicyclic) bond motifs is 1. The van der Waals surface area contributed by atoms with Crippen LogP contribution in [0.2, 0.25) is 0 Å². The van der Waals surface area contributed by atoms with E-state index in [1.165, 1.54) is 13.2 Å². The predicted octanol–water partition coefficient (Wildman–Crippen LogP) is 2.21. The van der Waals surface area contributed by atoms with Crippen molar-refractivity contribution in [2.75, 3.05) is 52.9 Å². The van der Waals surface area contributed by atoms with Crippen molar-refractivity contribution in [2.24, 2.45) is 5.92 Å². The van der Waals surface area contributed by atoms with Crippen molar-refractivity contribution in [1.82, 2.24) is 15.0 Å². The van der Waals surface area contributed by atoms with Gasteiger partial charge >= 0.3 is 0 Å². The lowest BCUT2D eigenvalue weighted by Crippen LogP contribution is -2.49. The maximum atomic E-state index is 13.4. The summed E-state index contributed by atoms with van der Waals surface area (Å²) in [4.78, 5) is 42.0. The number of nitrogens with one attached hydrogen (secondary N) is 1. The molecule has 1 aromatic carbocycles. The number of rotatable bonds is 5. The number of hydrogen-bond acceptors (Lipinski definition) is 8. The maximum Gasteiger partial charge on any atom is 0.277 e. The van der Waals surface area contributed by atoms with Crippen LogP contribution in [-0.4, -0.2) is 92.4 Å². The fourth-order valence-corrected chi connectivity index (χ4v) is 4.08. The Hall–Kier alpha value is -3.44. The third-order valence-corrected chi connectivity index (χ3v) is 6.15. The molecule has 2 aromatic rings. The number of ether oxygens (including phenoxy) is 3. The number of likely N-dealkylation sites (N-methyl/N-ethyl adjacent to an activating group) is 1. The minimum atomic E-state index is -0.462. The van der Waals surface area contributed by atoms with Crippen LogP contribution in [0.3, 0.4) is 0 Å². The van der Waals surface area contributed by atoms with Gasteiger partial charge in [0.2, 0.25) is 5.91 Å². The van der Waals surface area contributed by atoms with Crippen LogP contribution >= 0.6 is 0 Å². The molecule has 3 rings (SSSR count). The first-order chi connectivity index (χ1) is 17.1. The van der Waals surface area contributed by atoms with Crippen LogP contribution in [0.4, 0.5) is 5.69 Å². The number of carbonyl (C=O) groups excluding carboxylic acids is 3. The van der Waals surface area contributed by atoms with E-state index in [1.807, 2.05) is 13.8 Å². The number of aryl methyl sites for hydroxylation is 1. The molecule has 11 heteroatoms. The lowest BCUT2D eigenvalue weighted by molar-refractivity contribution is -0.139. The van der Waals surface area contributed by atoms with Gasteiger partial charge in [-0.15, -0.1) is 0 Å². The molecule has 1 aromatic heterocycles. The summed E-state index contributed by atoms with van der Waals surface area (Å²) >= 11 is 0. The molecule has 1 aliphatic heterocycles. The SMILES string of the molecule is COCC(=O)N1C[C@@H](C)[C@H](OC)CN(C)C(=O)c2cc(NC(=O)c3cc(C)on3)ccc2OC[C@H]1C. The monoisotopic (exact) mass is 502 g/mol. The highest BCUT2D eigenvalue weighted by molar-refractivity contribution is 6.04. The fraction of sp³-hybridized carbons (Fsp3) is 0.520. The number of anilines is 1. The lowest BCUT2D eigenvalue weighted by Gasteiger charge is -2.36. The molecule has 0 unspecified atom stereocenters. The normalized spacial score (nSPS) is 21.2. The molecule has 0 radical (unpaired) electrons. The van der Waals surface area contributed by atoms with Gasteiger partial charge in [0.25, 0.3) is 11.8 Å². The second-order valence-electron chi connectivity index (χ2n) is 9.06. The highest BCUT2D eigenvalue weighted by Crippen LogP contribution is 2.27. The van der Waals surface area contributed by atoms with Crippen LogP contribution in [0.1, 0.15) is 40.5 Å². The van der Waals surface area contributed by atoms with Gasteiger partial charge in [0, 0.05) is 52.0 Å². The molecule has 3 atom stereocenters. The molecule has 36 heavy (non-hydrogen) atoms. The van der Waals surface area contributed by atoms with E-state index >= 15 is 0 Å². The number of carbonyl (C=O) groups is 3. The molecule has 11 nitrogen and oxygen atoms in total. The van der Waals surface area contributed by atoms with Gasteiger partial charge in [-0.2, -0.15) is 0 Å². The van der Waals surface area contributed by atoms with Crippen molar-refractivity contribution in [3.8, 4) is 5.75 Å². The van der Waals surface area contributed by atoms with Crippen LogP contribution in [0, 0.1) is 12.8 Å². The molecule has 0 saturated heterocycles. The van der Waals surface area contributed by atoms with Crippen molar-refractivity contribution in [3.05, 3.63) is 41.3 Å². The summed E-state index contributed by atoms with van der Waals surface area (Å²) in [6.07, 6.45) is -0.314. The molecular formula is C25H34N4O7. The van der Waals surface area contributed by atoms with Gasteiger partial charge in [0.1, 0.15) is 24.7 Å². The van der Waals surface area contributed by atoms with Crippen molar-refractivity contribution < 1.29 is 33.1 Å². The smallest absolute Gasteiger partial charge is 0.277 e. The van der Waals surface area contributed by atoms with Crippen LogP contribution in [-0.2, 0) is 14.3 Å². The number of nitrogens with zero attached hydrogens (tertiary/aromatic N) is 3. The Balaban J connectivity index is 1.93. The Morgan fingerprint density at radius 3 is 2.58 bits per heavy atom. The molecular weight excluding hydrogens is 468 g/mol. The first-order valence-corrected chi connectivity index (χ1v) is 11.7. The van der Waals surface area contributed by atoms with E-state index in [4.69, 9.17) is 18.7 Å². The summed E-state index contributed by atoms with van der Waals surface area (Å²) < 4.78 is 21.8. The summed E-state index contributed by atoms with van der Waals surface area (Å²) in [7, 11) is 4.75. The summed E-state index contributed by atoms with van der Waals surface area (Å²) in [5, 5.41) is 6.46. The maximum absolute atomic E-state index is 13.4. The number of aromatic nitrogens is 1. The van der Waals surface area contributed by atoms with E-state index in [1.54, 1.807) is 49.1 Å². The zero-order chi connectivity index (χ0) is 26.4. The summed E-state index contributed by atoms with van der Waals surface area (Å²) in [6, 6.07) is 6.06. The van der Waals surface area contributed by atoms with E-state index in [0.717, 1.165) is 0 Å². The van der Waals surface area contributed by atoms with Gasteiger partial charge in [0.05, 0.1) is 17.7 Å². The Bertz CT molecular complexity index is 1090. The van der Waals surface area contributed by atoms with Crippen LogP contribution in [0.25, 0.3) is 0 Å². The van der Waals surface area contributed by atoms with E-state index < -0.39 is 5.91 Å². The van der Waals surface area contributed by atoms with E-state index in [0.29, 0.717) is 30.3 Å². The summed E-state index contributed by atoms with van der Waals surface area (Å²) in [5.41, 5.74) is 0.807. The molecule has 1 aliphatic rings. The standard InChI is InChI=1S/C25H34N4O7/c1-15-11-29(23(30)14-33-5)16(2)13-35-21-8-7-18(26-24(31)20-9-17(3)36-27-20)10-19(21)25(32)28(4)12-22(15)34-6/h7-10,15-16,22H,11-14H2,1-6H3,(H,26,31)/t15-,16-,22-/m1/s1. The van der Waals surface area contributed by atoms with E-state index in [-0.39, 0.29) is 54.3 Å². The third-order valence-electron chi connectivity index (χ3n) is 6.15. The van der Waals surface area contributed by atoms with Crippen molar-refractivity contribution in [3.63, 3.8) is 0 Å². The number of hydrogen-bond donors (Lipinski definition) is 1. The van der Waals surface area contributed by atoms with Gasteiger partial charge in [-0.25, -0.2) is 0 Å². The predicted molar refractivity (Wildman–Crippen MR) is 131 cm³/mol. The zero-order valence-corrected chi connectivity index (χ0v) is 21.6. The quantitative estimate of drug-likeness (QED) is 0.660. The molecule has 1 N–H and O–H groups in total. The Morgan fingerprint density at radius 1 is 1.19 bits per heavy atom. The minimum absolute atomic E-state index is 0.0439. The van der Waals surface area contributed by atoms with Crippen molar-refractivity contribution >= 4 is 23.4 Å². The van der Waals surface area contributed by atoms with Gasteiger partial charge in [0.15, 0.2) is 5.69 Å². The van der Waals surface area contributed by atoms with Crippen LogP contribution in [0.15, 0.2) is 28.8 Å². The molecule has 196 valence electrons. The third kappa shape index (κ3) is 6.41. The first kappa shape index (κ1) is 27.2. The Kier molecular flexibility index (Phi) is 9.05. The molecule has 0 bridgehead atoms. The summed E-state index contributed by atoms with van der Waals surface area (Å²) in [6.45, 7) is 6.39. The number of amides is 3. The second-order valence-corrected chi connectivity index (χ2v) is 9.06. The molecule has 0 aliphatic carbocycles. The molecule has 2 heterocycles. The Morgan fingerprint density at radius 2 is 1.94 bits per heavy atom. The number of methoxy groups -OCH3 is 2. The molecule has 0 fully saturated rings. The van der Waals surface area contributed by atoms with Crippen LogP contribution < -0.4 is 10.1 Å².